The lowest BCUT2D eigenvalue weighted by Crippen LogP contribution is -2.22. The molecule has 2 aromatic carbocycles. The molecule has 0 aliphatic carbocycles. The van der Waals surface area contributed by atoms with E-state index in [4.69, 9.17) is 0 Å². The number of hydrogen-bond donors (Lipinski definition) is 0. The summed E-state index contributed by atoms with van der Waals surface area (Å²) in [5.74, 6) is 0. The van der Waals surface area contributed by atoms with Crippen LogP contribution in [-0.2, 0) is 10.8 Å². The van der Waals surface area contributed by atoms with Crippen LogP contribution in [0.25, 0.3) is 22.4 Å². The lowest BCUT2D eigenvalue weighted by atomic mass is 9.73. The van der Waals surface area contributed by atoms with E-state index in [2.05, 4.69) is 99.2 Å². The zero-order valence-electron chi connectivity index (χ0n) is 19.1. The van der Waals surface area contributed by atoms with Crippen LogP contribution in [0.2, 0.25) is 0 Å². The molecule has 2 heteroatoms. The van der Waals surface area contributed by atoms with Crippen LogP contribution in [-0.4, -0.2) is 9.97 Å². The van der Waals surface area contributed by atoms with Crippen molar-refractivity contribution in [2.24, 2.45) is 0 Å². The molecule has 0 aliphatic rings. The molecule has 0 saturated heterocycles. The van der Waals surface area contributed by atoms with Crippen LogP contribution in [0.1, 0.15) is 51.3 Å². The van der Waals surface area contributed by atoms with Gasteiger partial charge in [0.05, 0.1) is 5.69 Å². The molecule has 0 bridgehead atoms. The largest absolute Gasteiger partial charge is 0.264 e. The van der Waals surface area contributed by atoms with Crippen molar-refractivity contribution in [2.45, 2.75) is 45.4 Å². The van der Waals surface area contributed by atoms with Gasteiger partial charge in [-0.3, -0.25) is 9.97 Å². The van der Waals surface area contributed by atoms with E-state index in [1.807, 2.05) is 36.8 Å². The van der Waals surface area contributed by atoms with Crippen LogP contribution in [0.5, 0.6) is 0 Å². The van der Waals surface area contributed by atoms with Crippen LogP contribution in [0.15, 0.2) is 91.4 Å². The predicted molar refractivity (Wildman–Crippen MR) is 130 cm³/mol. The summed E-state index contributed by atoms with van der Waals surface area (Å²) in [6, 6.07) is 25.9. The smallest absolute Gasteiger partial charge is 0.0705 e. The first-order chi connectivity index (χ1) is 14.8. The zero-order valence-corrected chi connectivity index (χ0v) is 19.1. The molecule has 0 saturated carbocycles. The molecule has 156 valence electrons. The number of hydrogen-bond acceptors (Lipinski definition) is 2. The second-order valence-corrected chi connectivity index (χ2v) is 9.68. The van der Waals surface area contributed by atoms with E-state index in [0.29, 0.717) is 0 Å². The molecule has 2 heterocycles. The summed E-state index contributed by atoms with van der Waals surface area (Å²) >= 11 is 0. The highest BCUT2D eigenvalue weighted by Gasteiger charge is 2.28. The van der Waals surface area contributed by atoms with Crippen molar-refractivity contribution in [2.75, 3.05) is 0 Å². The second kappa shape index (κ2) is 8.11. The van der Waals surface area contributed by atoms with Gasteiger partial charge in [-0.25, -0.2) is 0 Å². The summed E-state index contributed by atoms with van der Waals surface area (Å²) < 4.78 is 0. The Bertz CT molecular complexity index is 1170. The Hall–Kier alpha value is -3.26. The summed E-state index contributed by atoms with van der Waals surface area (Å²) in [4.78, 5) is 8.98. The fourth-order valence-electron chi connectivity index (χ4n) is 4.05. The summed E-state index contributed by atoms with van der Waals surface area (Å²) in [5.41, 5.74) is 8.27. The molecule has 0 fully saturated rings. The van der Waals surface area contributed by atoms with Gasteiger partial charge in [0.15, 0.2) is 0 Å². The first-order valence-corrected chi connectivity index (χ1v) is 10.8. The fourth-order valence-corrected chi connectivity index (χ4v) is 4.05. The van der Waals surface area contributed by atoms with Crippen molar-refractivity contribution in [3.63, 3.8) is 0 Å². The van der Waals surface area contributed by atoms with Gasteiger partial charge in [-0.05, 0) is 45.9 Å². The molecule has 4 rings (SSSR count). The SMILES string of the molecule is CC(C)(C)c1cc(-c2cccnc2)cc(C(C)(C)c2ccccc2-c2ccccn2)c1. The van der Waals surface area contributed by atoms with Crippen molar-refractivity contribution >= 4 is 0 Å². The third-order valence-electron chi connectivity index (χ3n) is 6.06. The number of rotatable bonds is 4. The molecular weight excluding hydrogens is 376 g/mol. The Morgan fingerprint density at radius 3 is 2.06 bits per heavy atom. The first kappa shape index (κ1) is 21.0. The molecule has 2 aromatic heterocycles. The van der Waals surface area contributed by atoms with Gasteiger partial charge in [-0.2, -0.15) is 0 Å². The average molecular weight is 407 g/mol. The highest BCUT2D eigenvalue weighted by atomic mass is 14.7. The maximum atomic E-state index is 4.63. The van der Waals surface area contributed by atoms with Gasteiger partial charge in [-0.15, -0.1) is 0 Å². The molecule has 0 N–H and O–H groups in total. The van der Waals surface area contributed by atoms with Gasteiger partial charge < -0.3 is 0 Å². The maximum Gasteiger partial charge on any atom is 0.0705 e. The lowest BCUT2D eigenvalue weighted by Gasteiger charge is -2.31. The first-order valence-electron chi connectivity index (χ1n) is 10.8. The number of pyridine rings is 2. The van der Waals surface area contributed by atoms with Crippen LogP contribution < -0.4 is 0 Å². The Morgan fingerprint density at radius 2 is 1.39 bits per heavy atom. The molecule has 0 spiro atoms. The van der Waals surface area contributed by atoms with E-state index in [1.165, 1.54) is 27.8 Å². The summed E-state index contributed by atoms with van der Waals surface area (Å²) in [7, 11) is 0. The van der Waals surface area contributed by atoms with Crippen LogP contribution in [0.3, 0.4) is 0 Å². The van der Waals surface area contributed by atoms with Crippen molar-refractivity contribution in [1.29, 1.82) is 0 Å². The average Bonchev–Trinajstić information content (AvgIpc) is 2.79. The van der Waals surface area contributed by atoms with E-state index in [9.17, 15) is 0 Å². The van der Waals surface area contributed by atoms with E-state index >= 15 is 0 Å². The second-order valence-electron chi connectivity index (χ2n) is 9.68. The maximum absolute atomic E-state index is 4.63. The summed E-state index contributed by atoms with van der Waals surface area (Å²) in [5, 5.41) is 0. The molecule has 4 aromatic rings. The van der Waals surface area contributed by atoms with E-state index in [-0.39, 0.29) is 10.8 Å². The fraction of sp³-hybridized carbons (Fsp3) is 0.241. The summed E-state index contributed by atoms with van der Waals surface area (Å²) in [6.45, 7) is 11.4. The highest BCUT2D eigenvalue weighted by Crippen LogP contribution is 2.40. The minimum Gasteiger partial charge on any atom is -0.264 e. The van der Waals surface area contributed by atoms with Crippen molar-refractivity contribution in [3.05, 3.63) is 108 Å². The van der Waals surface area contributed by atoms with E-state index < -0.39 is 0 Å². The standard InChI is InChI=1S/C29H30N2/c1-28(2,3)23-17-22(21-11-10-15-30-20-21)18-24(19-23)29(4,5)26-13-7-6-12-25(26)27-14-8-9-16-31-27/h6-20H,1-5H3. The van der Waals surface area contributed by atoms with Gasteiger partial charge in [-0.1, -0.05) is 89.2 Å². The van der Waals surface area contributed by atoms with E-state index in [0.717, 1.165) is 11.3 Å². The van der Waals surface area contributed by atoms with Crippen LogP contribution >= 0.6 is 0 Å². The monoisotopic (exact) mass is 406 g/mol. The normalized spacial score (nSPS) is 12.0. The third-order valence-corrected chi connectivity index (χ3v) is 6.06. The molecule has 0 aliphatic heterocycles. The molecule has 0 amide bonds. The predicted octanol–water partition coefficient (Wildman–Crippen LogP) is 7.43. The van der Waals surface area contributed by atoms with Gasteiger partial charge in [0.2, 0.25) is 0 Å². The molecule has 31 heavy (non-hydrogen) atoms. The van der Waals surface area contributed by atoms with Gasteiger partial charge in [0, 0.05) is 35.1 Å². The Balaban J connectivity index is 1.92. The topological polar surface area (TPSA) is 25.8 Å². The highest BCUT2D eigenvalue weighted by molar-refractivity contribution is 5.69. The van der Waals surface area contributed by atoms with Crippen molar-refractivity contribution in [3.8, 4) is 22.4 Å². The van der Waals surface area contributed by atoms with Crippen molar-refractivity contribution < 1.29 is 0 Å². The van der Waals surface area contributed by atoms with Gasteiger partial charge in [0.1, 0.15) is 0 Å². The molecular formula is C29H30N2. The Kier molecular flexibility index (Phi) is 5.49. The number of benzene rings is 2. The van der Waals surface area contributed by atoms with E-state index in [1.54, 1.807) is 0 Å². The molecule has 0 unspecified atom stereocenters. The van der Waals surface area contributed by atoms with Gasteiger partial charge in [0.25, 0.3) is 0 Å². The molecule has 0 radical (unpaired) electrons. The minimum atomic E-state index is -0.202. The lowest BCUT2D eigenvalue weighted by molar-refractivity contribution is 0.582. The molecule has 0 atom stereocenters. The Morgan fingerprint density at radius 1 is 0.645 bits per heavy atom. The van der Waals surface area contributed by atoms with Crippen LogP contribution in [0.4, 0.5) is 0 Å². The number of nitrogens with zero attached hydrogens (tertiary/aromatic N) is 2. The van der Waals surface area contributed by atoms with Crippen LogP contribution in [0, 0.1) is 0 Å². The molecule has 2 nitrogen and oxygen atoms in total. The quantitative estimate of drug-likeness (QED) is 0.352. The zero-order chi connectivity index (χ0) is 22.1. The minimum absolute atomic E-state index is 0.0452. The van der Waals surface area contributed by atoms with Crippen molar-refractivity contribution in [1.82, 2.24) is 9.97 Å². The van der Waals surface area contributed by atoms with Gasteiger partial charge >= 0.3 is 0 Å². The Labute approximate surface area is 186 Å². The summed E-state index contributed by atoms with van der Waals surface area (Å²) in [6.07, 6.45) is 5.63. The third kappa shape index (κ3) is 4.29. The number of aromatic nitrogens is 2.